The molecule has 2 heteroatoms. The molecule has 0 saturated heterocycles. The van der Waals surface area contributed by atoms with Gasteiger partial charge in [0.1, 0.15) is 0 Å². The van der Waals surface area contributed by atoms with Gasteiger partial charge in [-0.15, -0.1) is 0 Å². The van der Waals surface area contributed by atoms with E-state index in [1.807, 2.05) is 0 Å². The van der Waals surface area contributed by atoms with Gasteiger partial charge in [-0.2, -0.15) is 0 Å². The van der Waals surface area contributed by atoms with Crippen LogP contribution in [0.2, 0.25) is 0 Å². The van der Waals surface area contributed by atoms with Crippen LogP contribution in [0, 0.1) is 0 Å². The van der Waals surface area contributed by atoms with E-state index in [0.717, 1.165) is 5.66 Å². The second kappa shape index (κ2) is 4.42. The second-order valence-electron chi connectivity index (χ2n) is 4.33. The van der Waals surface area contributed by atoms with Crippen LogP contribution in [0.3, 0.4) is 0 Å². The minimum absolute atomic E-state index is 0.644. The number of hydrogen-bond acceptors (Lipinski definition) is 1. The number of nitrogens with one attached hydrogen (secondary N) is 1. The van der Waals surface area contributed by atoms with E-state index in [9.17, 15) is 0 Å². The third-order valence-electron chi connectivity index (χ3n) is 2.51. The van der Waals surface area contributed by atoms with Crippen molar-refractivity contribution in [1.82, 2.24) is 5.09 Å². The first-order chi connectivity index (χ1) is 4.90. The van der Waals surface area contributed by atoms with Crippen molar-refractivity contribution in [3.8, 4) is 0 Å². The fourth-order valence-electron chi connectivity index (χ4n) is 1.40. The molecule has 0 saturated carbocycles. The van der Waals surface area contributed by atoms with Crippen LogP contribution in [-0.2, 0) is 0 Å². The first-order valence-corrected chi connectivity index (χ1v) is 7.75. The van der Waals surface area contributed by atoms with E-state index >= 15 is 0 Å². The molecule has 0 aliphatic rings. The van der Waals surface area contributed by atoms with Gasteiger partial charge in [0.2, 0.25) is 0 Å². The molecule has 1 nitrogen and oxygen atoms in total. The maximum atomic E-state index is 3.71. The predicted octanol–water partition coefficient (Wildman–Crippen LogP) is 2.71. The van der Waals surface area contributed by atoms with Gasteiger partial charge in [-0.3, -0.25) is 0 Å². The average molecular weight is 177 g/mol. The van der Waals surface area contributed by atoms with Crippen molar-refractivity contribution < 1.29 is 0 Å². The molecule has 1 N–H and O–H groups in total. The van der Waals surface area contributed by atoms with Crippen LogP contribution in [0.5, 0.6) is 0 Å². The number of rotatable bonds is 4. The van der Waals surface area contributed by atoms with Crippen molar-refractivity contribution >= 4 is 7.41 Å². The van der Waals surface area contributed by atoms with Crippen molar-refractivity contribution in [3.05, 3.63) is 0 Å². The van der Waals surface area contributed by atoms with E-state index < -0.39 is 7.41 Å². The Morgan fingerprint density at radius 3 is 1.91 bits per heavy atom. The van der Waals surface area contributed by atoms with E-state index in [4.69, 9.17) is 0 Å². The zero-order chi connectivity index (χ0) is 9.07. The molecule has 0 bridgehead atoms. The predicted molar refractivity (Wildman–Crippen MR) is 58.2 cm³/mol. The average Bonchev–Trinajstić information content (AvgIpc) is 1.83. The molecule has 0 aromatic carbocycles. The molecular formula is C9H24NP. The molecule has 11 heavy (non-hydrogen) atoms. The van der Waals surface area contributed by atoms with Gasteiger partial charge in [-0.1, -0.05) is 0 Å². The molecule has 0 spiro atoms. The Balaban J connectivity index is 3.98. The van der Waals surface area contributed by atoms with Gasteiger partial charge in [0, 0.05) is 0 Å². The van der Waals surface area contributed by atoms with Crippen molar-refractivity contribution in [2.45, 2.75) is 45.8 Å². The van der Waals surface area contributed by atoms with Crippen LogP contribution < -0.4 is 5.09 Å². The van der Waals surface area contributed by atoms with Crippen molar-refractivity contribution in [2.24, 2.45) is 0 Å². The van der Waals surface area contributed by atoms with Gasteiger partial charge in [-0.05, 0) is 0 Å². The Morgan fingerprint density at radius 1 is 1.18 bits per heavy atom. The Labute approximate surface area is 72.3 Å². The second-order valence-corrected chi connectivity index (χ2v) is 9.05. The third kappa shape index (κ3) is 4.08. The van der Waals surface area contributed by atoms with Crippen LogP contribution in [0.1, 0.15) is 34.1 Å². The van der Waals surface area contributed by atoms with E-state index in [-0.39, 0.29) is 0 Å². The van der Waals surface area contributed by atoms with Crippen LogP contribution in [-0.4, -0.2) is 25.0 Å². The van der Waals surface area contributed by atoms with Crippen molar-refractivity contribution in [1.29, 1.82) is 0 Å². The monoisotopic (exact) mass is 177 g/mol. The summed E-state index contributed by atoms with van der Waals surface area (Å²) >= 11 is 0. The maximum absolute atomic E-state index is 3.71. The van der Waals surface area contributed by atoms with Crippen LogP contribution in [0.4, 0.5) is 0 Å². The Kier molecular flexibility index (Phi) is 4.58. The molecule has 0 radical (unpaired) electrons. The minimum atomic E-state index is -1.12. The van der Waals surface area contributed by atoms with Gasteiger partial charge >= 0.3 is 71.6 Å². The molecule has 0 amide bonds. The summed E-state index contributed by atoms with van der Waals surface area (Å²) in [6.07, 6.45) is 1.30. The fourth-order valence-corrected chi connectivity index (χ4v) is 4.19. The normalized spacial score (nSPS) is 17.0. The van der Waals surface area contributed by atoms with E-state index in [1.165, 1.54) is 6.42 Å². The van der Waals surface area contributed by atoms with Gasteiger partial charge in [0.25, 0.3) is 0 Å². The van der Waals surface area contributed by atoms with Crippen LogP contribution >= 0.6 is 7.41 Å². The molecule has 1 atom stereocenters. The molecular weight excluding hydrogens is 153 g/mol. The Hall–Kier alpha value is 0.390. The molecule has 0 heterocycles. The summed E-state index contributed by atoms with van der Waals surface area (Å²) in [6, 6.07) is 0.644. The summed E-state index contributed by atoms with van der Waals surface area (Å²) < 4.78 is 0. The summed E-state index contributed by atoms with van der Waals surface area (Å²) in [5.74, 6) is 0. The Bertz CT molecular complexity index is 110. The van der Waals surface area contributed by atoms with E-state index in [2.05, 4.69) is 46.1 Å². The first kappa shape index (κ1) is 11.4. The molecule has 0 aromatic heterocycles. The van der Waals surface area contributed by atoms with Crippen LogP contribution in [0.15, 0.2) is 0 Å². The standard InChI is InChI=1S/C9H24NP/c1-7-9(4)11(5,6)10-8(2)3/h8-11H,7H2,1-6H3. The van der Waals surface area contributed by atoms with E-state index in [1.54, 1.807) is 0 Å². The summed E-state index contributed by atoms with van der Waals surface area (Å²) in [6.45, 7) is 13.9. The van der Waals surface area contributed by atoms with E-state index in [0.29, 0.717) is 6.04 Å². The Morgan fingerprint density at radius 2 is 1.64 bits per heavy atom. The topological polar surface area (TPSA) is 12.0 Å². The van der Waals surface area contributed by atoms with Gasteiger partial charge in [0.05, 0.1) is 0 Å². The van der Waals surface area contributed by atoms with Crippen molar-refractivity contribution in [2.75, 3.05) is 13.3 Å². The van der Waals surface area contributed by atoms with Gasteiger partial charge < -0.3 is 0 Å². The molecule has 70 valence electrons. The molecule has 0 aliphatic carbocycles. The zero-order valence-electron chi connectivity index (χ0n) is 8.86. The number of hydrogen-bond donors (Lipinski definition) is 1. The molecule has 0 aliphatic heterocycles. The summed E-state index contributed by atoms with van der Waals surface area (Å²) in [5, 5.41) is 3.71. The molecule has 1 unspecified atom stereocenters. The van der Waals surface area contributed by atoms with Crippen molar-refractivity contribution in [3.63, 3.8) is 0 Å². The molecule has 0 fully saturated rings. The fraction of sp³-hybridized carbons (Fsp3) is 1.00. The van der Waals surface area contributed by atoms with Gasteiger partial charge in [0.15, 0.2) is 0 Å². The SMILES string of the molecule is CCC(C)[PH](C)(C)NC(C)C. The molecule has 0 aromatic rings. The molecule has 0 rings (SSSR count). The summed E-state index contributed by atoms with van der Waals surface area (Å²) in [7, 11) is -1.12. The zero-order valence-corrected chi connectivity index (χ0v) is 9.86. The van der Waals surface area contributed by atoms with Gasteiger partial charge in [-0.25, -0.2) is 0 Å². The quantitative estimate of drug-likeness (QED) is 0.651. The third-order valence-corrected chi connectivity index (χ3v) is 6.70. The first-order valence-electron chi connectivity index (χ1n) is 4.67. The summed E-state index contributed by atoms with van der Waals surface area (Å²) in [4.78, 5) is 0. The summed E-state index contributed by atoms with van der Waals surface area (Å²) in [5.41, 5.74) is 0.880. The van der Waals surface area contributed by atoms with Crippen LogP contribution in [0.25, 0.3) is 0 Å².